The molecule has 1 aliphatic heterocycles. The molecule has 1 aromatic rings. The topological polar surface area (TPSA) is 87.6 Å². The summed E-state index contributed by atoms with van der Waals surface area (Å²) < 4.78 is 11.0. The minimum atomic E-state index is -0.639. The second kappa shape index (κ2) is 6.12. The lowest BCUT2D eigenvalue weighted by Gasteiger charge is -2.17. The van der Waals surface area contributed by atoms with Gasteiger partial charge in [0.25, 0.3) is 10.4 Å². The molecular weight excluding hydrogens is 284 g/mol. The van der Waals surface area contributed by atoms with Crippen LogP contribution in [0.4, 0.5) is 4.79 Å². The van der Waals surface area contributed by atoms with Crippen LogP contribution in [-0.2, 0) is 6.42 Å². The third-order valence-corrected chi connectivity index (χ3v) is 2.35. The molecule has 7 heteroatoms. The molecule has 0 fully saturated rings. The third-order valence-electron chi connectivity index (χ3n) is 2.27. The summed E-state index contributed by atoms with van der Waals surface area (Å²) in [4.78, 5) is 9.09. The van der Waals surface area contributed by atoms with Crippen molar-refractivity contribution in [1.29, 1.82) is 0 Å². The summed E-state index contributed by atoms with van der Waals surface area (Å²) in [6.07, 6.45) is 0.872. The predicted octanol–water partition coefficient (Wildman–Crippen LogP) is 2.02. The van der Waals surface area contributed by atoms with E-state index in [9.17, 15) is 0 Å². The van der Waals surface area contributed by atoms with Crippen LogP contribution in [0.2, 0.25) is 0 Å². The number of hydrogen-bond acceptors (Lipinski definition) is 4. The Labute approximate surface area is 122 Å². The maximum Gasteiger partial charge on any atom is 0.273 e. The summed E-state index contributed by atoms with van der Waals surface area (Å²) in [7, 11) is 0. The smallest absolute Gasteiger partial charge is 0.273 e. The lowest BCUT2D eigenvalue weighted by atomic mass is 10.0. The van der Waals surface area contributed by atoms with Crippen LogP contribution in [0, 0.1) is 0 Å². The van der Waals surface area contributed by atoms with Gasteiger partial charge in [0.1, 0.15) is 5.60 Å². The van der Waals surface area contributed by atoms with Gasteiger partial charge in [-0.25, -0.2) is 0 Å². The van der Waals surface area contributed by atoms with Gasteiger partial charge in [0.2, 0.25) is 0 Å². The van der Waals surface area contributed by atoms with Gasteiger partial charge in [-0.1, -0.05) is 24.8 Å². The molecule has 1 aromatic carbocycles. The minimum absolute atomic E-state index is 0.0108. The van der Waals surface area contributed by atoms with Crippen LogP contribution in [0.5, 0.6) is 11.5 Å². The lowest BCUT2D eigenvalue weighted by Crippen LogP contribution is -2.25. The zero-order valence-corrected chi connectivity index (χ0v) is 12.4. The number of amides is 1. The van der Waals surface area contributed by atoms with Gasteiger partial charge in [0.05, 0.1) is 0 Å². The second-order valence-corrected chi connectivity index (χ2v) is 5.39. The van der Waals surface area contributed by atoms with Crippen molar-refractivity contribution in [2.75, 3.05) is 0 Å². The van der Waals surface area contributed by atoms with Gasteiger partial charge in [0, 0.05) is 12.0 Å². The molecule has 0 spiro atoms. The first kappa shape index (κ1) is 15.6. The molecule has 4 N–H and O–H groups in total. The number of nitrogens with two attached hydrogens (primary N) is 2. The number of thiocarbonyl (C=S) groups is 1. The molecule has 1 aliphatic rings. The van der Waals surface area contributed by atoms with E-state index in [-0.39, 0.29) is 10.8 Å². The van der Waals surface area contributed by atoms with Crippen LogP contribution in [0.25, 0.3) is 0 Å². The van der Waals surface area contributed by atoms with Crippen molar-refractivity contribution in [3.8, 4) is 11.5 Å². The van der Waals surface area contributed by atoms with Gasteiger partial charge in [-0.3, -0.25) is 4.79 Å². The van der Waals surface area contributed by atoms with Crippen molar-refractivity contribution in [1.82, 2.24) is 0 Å². The van der Waals surface area contributed by atoms with E-state index in [2.05, 4.69) is 18.4 Å². The first-order valence-corrected chi connectivity index (χ1v) is 6.33. The van der Waals surface area contributed by atoms with Gasteiger partial charge < -0.3 is 20.9 Å². The standard InChI is InChI=1S/C11H13NO2S.CH3NOS/c1-11(2)6-7-4-3-5-8(9(7)14-11)13-10(12)15;2-1(3)4/h3-5H,6H2,1-2H3,(H2,12,15);(H3,2,3,4). The maximum atomic E-state index is 9.09. The highest BCUT2D eigenvalue weighted by Gasteiger charge is 2.32. The number of hydrogen-bond donors (Lipinski definition) is 3. The van der Waals surface area contributed by atoms with E-state index < -0.39 is 5.24 Å². The molecule has 0 atom stereocenters. The molecule has 0 aromatic heterocycles. The van der Waals surface area contributed by atoms with Crippen molar-refractivity contribution in [3.05, 3.63) is 23.8 Å². The summed E-state index contributed by atoms with van der Waals surface area (Å²) in [5.41, 5.74) is 10.6. The number of carbonyl (C=O) groups is 1. The van der Waals surface area contributed by atoms with E-state index in [0.717, 1.165) is 17.7 Å². The Morgan fingerprint density at radius 3 is 2.58 bits per heavy atom. The zero-order chi connectivity index (χ0) is 14.6. The molecule has 1 amide bonds. The van der Waals surface area contributed by atoms with E-state index in [1.165, 1.54) is 0 Å². The molecule has 0 unspecified atom stereocenters. The molecular formula is C12H16N2O3S2. The molecule has 0 saturated carbocycles. The summed E-state index contributed by atoms with van der Waals surface area (Å²) in [6.45, 7) is 4.08. The van der Waals surface area contributed by atoms with Crippen molar-refractivity contribution >= 4 is 35.3 Å². The van der Waals surface area contributed by atoms with Gasteiger partial charge in [-0.15, -0.1) is 0 Å². The number of ether oxygens (including phenoxy) is 2. The molecule has 0 aliphatic carbocycles. The zero-order valence-electron chi connectivity index (χ0n) is 10.7. The first-order valence-electron chi connectivity index (χ1n) is 5.48. The molecule has 0 bridgehead atoms. The Morgan fingerprint density at radius 1 is 1.47 bits per heavy atom. The van der Waals surface area contributed by atoms with Gasteiger partial charge in [-0.05, 0) is 32.1 Å². The number of primary amides is 1. The summed E-state index contributed by atoms with van der Waals surface area (Å²) in [6, 6.07) is 5.74. The Hall–Kier alpha value is -1.47. The van der Waals surface area contributed by atoms with Gasteiger partial charge in [0.15, 0.2) is 11.5 Å². The highest BCUT2D eigenvalue weighted by Crippen LogP contribution is 2.41. The largest absolute Gasteiger partial charge is 0.483 e. The lowest BCUT2D eigenvalue weighted by molar-refractivity contribution is 0.135. The summed E-state index contributed by atoms with van der Waals surface area (Å²) in [5, 5.41) is -0.628. The monoisotopic (exact) mass is 300 g/mol. The highest BCUT2D eigenvalue weighted by atomic mass is 32.1. The Bertz CT molecular complexity index is 500. The van der Waals surface area contributed by atoms with Crippen LogP contribution >= 0.6 is 24.8 Å². The summed E-state index contributed by atoms with van der Waals surface area (Å²) in [5.74, 6) is 1.36. The molecule has 104 valence electrons. The van der Waals surface area contributed by atoms with Crippen LogP contribution < -0.4 is 20.9 Å². The van der Waals surface area contributed by atoms with E-state index in [4.69, 9.17) is 32.2 Å². The quantitative estimate of drug-likeness (QED) is 0.545. The van der Waals surface area contributed by atoms with E-state index >= 15 is 0 Å². The van der Waals surface area contributed by atoms with Gasteiger partial charge >= 0.3 is 0 Å². The number of thiol groups is 1. The number of benzene rings is 1. The average Bonchev–Trinajstić information content (AvgIpc) is 2.51. The van der Waals surface area contributed by atoms with Crippen LogP contribution in [-0.4, -0.2) is 16.0 Å². The fourth-order valence-electron chi connectivity index (χ4n) is 1.78. The molecule has 0 radical (unpaired) electrons. The first-order chi connectivity index (χ1) is 8.71. The molecule has 0 saturated heterocycles. The Balaban J connectivity index is 0.000000399. The van der Waals surface area contributed by atoms with Crippen LogP contribution in [0.3, 0.4) is 0 Å². The molecule has 5 nitrogen and oxygen atoms in total. The van der Waals surface area contributed by atoms with Crippen LogP contribution in [0.15, 0.2) is 18.2 Å². The SMILES string of the molecule is CC1(C)Cc2cccc(OC(N)=S)c2O1.NC(=O)S. The van der Waals surface area contributed by atoms with E-state index in [0.29, 0.717) is 5.75 Å². The fraction of sp³-hybridized carbons (Fsp3) is 0.333. The highest BCUT2D eigenvalue weighted by molar-refractivity contribution is 7.96. The van der Waals surface area contributed by atoms with Crippen molar-refractivity contribution in [2.45, 2.75) is 25.9 Å². The van der Waals surface area contributed by atoms with Crippen molar-refractivity contribution in [3.63, 3.8) is 0 Å². The van der Waals surface area contributed by atoms with E-state index in [1.54, 1.807) is 6.07 Å². The van der Waals surface area contributed by atoms with Crippen molar-refractivity contribution in [2.24, 2.45) is 11.5 Å². The minimum Gasteiger partial charge on any atom is -0.483 e. The predicted molar refractivity (Wildman–Crippen MR) is 80.8 cm³/mol. The number of rotatable bonds is 1. The third kappa shape index (κ3) is 4.96. The Kier molecular flexibility index (Phi) is 5.02. The normalized spacial score (nSPS) is 14.5. The fourth-order valence-corrected chi connectivity index (χ4v) is 1.87. The Morgan fingerprint density at radius 2 is 2.05 bits per heavy atom. The number of para-hydroxylation sites is 1. The summed E-state index contributed by atoms with van der Waals surface area (Å²) >= 11 is 7.81. The number of fused-ring (bicyclic) bond motifs is 1. The van der Waals surface area contributed by atoms with Crippen molar-refractivity contribution < 1.29 is 14.3 Å². The average molecular weight is 300 g/mol. The van der Waals surface area contributed by atoms with E-state index in [1.807, 2.05) is 26.0 Å². The molecule has 19 heavy (non-hydrogen) atoms. The maximum absolute atomic E-state index is 9.09. The van der Waals surface area contributed by atoms with Crippen LogP contribution in [0.1, 0.15) is 19.4 Å². The van der Waals surface area contributed by atoms with Gasteiger partial charge in [-0.2, -0.15) is 0 Å². The molecule has 1 heterocycles. The second-order valence-electron chi connectivity index (χ2n) is 4.54. The molecule has 2 rings (SSSR count). The number of carbonyl (C=O) groups excluding carboxylic acids is 1.